The van der Waals surface area contributed by atoms with Gasteiger partial charge < -0.3 is 15.2 Å². The first-order chi connectivity index (χ1) is 10.4. The number of hydrogen-bond acceptors (Lipinski definition) is 3. The second kappa shape index (κ2) is 19.9. The molecule has 0 aliphatic rings. The zero-order valence-corrected chi connectivity index (χ0v) is 14.4. The minimum atomic E-state index is 0.438. The van der Waals surface area contributed by atoms with E-state index in [-0.39, 0.29) is 0 Å². The molecule has 3 heteroatoms. The highest BCUT2D eigenvalue weighted by Gasteiger charge is 1.94. The largest absolute Gasteiger partial charge is 0.359 e. The van der Waals surface area contributed by atoms with Crippen LogP contribution in [0.5, 0.6) is 0 Å². The highest BCUT2D eigenvalue weighted by atomic mass is 16.7. The Kier molecular flexibility index (Phi) is 19.8. The van der Waals surface area contributed by atoms with Crippen molar-refractivity contribution in [1.82, 2.24) is 0 Å². The van der Waals surface area contributed by atoms with E-state index in [4.69, 9.17) is 15.2 Å². The first-order valence-corrected chi connectivity index (χ1v) is 9.18. The molecule has 3 nitrogen and oxygen atoms in total. The molecule has 0 aromatic carbocycles. The second-order valence-corrected chi connectivity index (χ2v) is 6.05. The molecule has 0 unspecified atom stereocenters. The zero-order chi connectivity index (χ0) is 15.4. The summed E-state index contributed by atoms with van der Waals surface area (Å²) >= 11 is 0. The topological polar surface area (TPSA) is 44.5 Å². The van der Waals surface area contributed by atoms with Gasteiger partial charge in [0.05, 0.1) is 0 Å². The molecule has 0 amide bonds. The van der Waals surface area contributed by atoms with E-state index in [0.717, 1.165) is 13.2 Å². The third kappa shape index (κ3) is 19.9. The summed E-state index contributed by atoms with van der Waals surface area (Å²) in [4.78, 5) is 0. The Balaban J connectivity index is 2.90. The lowest BCUT2D eigenvalue weighted by Crippen LogP contribution is -1.98. The molecule has 128 valence electrons. The summed E-state index contributed by atoms with van der Waals surface area (Å²) in [6.07, 6.45) is 19.1. The van der Waals surface area contributed by atoms with Crippen molar-refractivity contribution in [2.75, 3.05) is 27.1 Å². The highest BCUT2D eigenvalue weighted by molar-refractivity contribution is 4.49. The summed E-state index contributed by atoms with van der Waals surface area (Å²) in [5.74, 6) is 0. The number of methoxy groups -OCH3 is 1. The summed E-state index contributed by atoms with van der Waals surface area (Å²) in [7, 11) is 1.67. The molecule has 0 spiro atoms. The number of nitrogens with two attached hydrogens (primary N) is 1. The first-order valence-electron chi connectivity index (χ1n) is 9.18. The van der Waals surface area contributed by atoms with Crippen LogP contribution in [0.1, 0.15) is 89.9 Å². The Bertz CT molecular complexity index is 159. The van der Waals surface area contributed by atoms with Gasteiger partial charge in [0.25, 0.3) is 0 Å². The standard InChI is InChI=1S/C18H39NO2/c1-20-18-21-17-15-13-11-9-7-5-3-2-4-6-8-10-12-14-16-19/h2-19H2,1H3. The average Bonchev–Trinajstić information content (AvgIpc) is 2.50. The minimum Gasteiger partial charge on any atom is -0.359 e. The van der Waals surface area contributed by atoms with E-state index in [2.05, 4.69) is 0 Å². The fraction of sp³-hybridized carbons (Fsp3) is 1.00. The van der Waals surface area contributed by atoms with Crippen LogP contribution in [-0.4, -0.2) is 27.1 Å². The van der Waals surface area contributed by atoms with Gasteiger partial charge in [-0.05, 0) is 19.4 Å². The second-order valence-electron chi connectivity index (χ2n) is 6.05. The van der Waals surface area contributed by atoms with Crippen molar-refractivity contribution in [2.24, 2.45) is 5.73 Å². The van der Waals surface area contributed by atoms with E-state index in [9.17, 15) is 0 Å². The lowest BCUT2D eigenvalue weighted by atomic mass is 10.0. The van der Waals surface area contributed by atoms with Crippen molar-refractivity contribution >= 4 is 0 Å². The van der Waals surface area contributed by atoms with Crippen LogP contribution < -0.4 is 5.73 Å². The van der Waals surface area contributed by atoms with Crippen LogP contribution in [0.3, 0.4) is 0 Å². The Morgan fingerprint density at radius 3 is 1.33 bits per heavy atom. The monoisotopic (exact) mass is 301 g/mol. The Hall–Kier alpha value is -0.120. The van der Waals surface area contributed by atoms with Gasteiger partial charge in [0, 0.05) is 13.7 Å². The number of unbranched alkanes of at least 4 members (excludes halogenated alkanes) is 13. The van der Waals surface area contributed by atoms with Crippen molar-refractivity contribution < 1.29 is 9.47 Å². The Morgan fingerprint density at radius 2 is 0.952 bits per heavy atom. The smallest absolute Gasteiger partial charge is 0.146 e. The molecule has 0 fully saturated rings. The first kappa shape index (κ1) is 20.9. The molecule has 0 aromatic heterocycles. The molecule has 0 heterocycles. The number of ether oxygens (including phenoxy) is 2. The van der Waals surface area contributed by atoms with E-state index in [1.165, 1.54) is 89.9 Å². The molecule has 0 saturated carbocycles. The van der Waals surface area contributed by atoms with Gasteiger partial charge in [-0.3, -0.25) is 0 Å². The van der Waals surface area contributed by atoms with Gasteiger partial charge in [0.1, 0.15) is 6.79 Å². The molecule has 0 saturated heterocycles. The van der Waals surface area contributed by atoms with E-state index in [1.807, 2.05) is 0 Å². The summed E-state index contributed by atoms with van der Waals surface area (Å²) in [6, 6.07) is 0. The maximum Gasteiger partial charge on any atom is 0.146 e. The van der Waals surface area contributed by atoms with Crippen molar-refractivity contribution in [3.8, 4) is 0 Å². The van der Waals surface area contributed by atoms with Crippen molar-refractivity contribution in [1.29, 1.82) is 0 Å². The van der Waals surface area contributed by atoms with E-state index >= 15 is 0 Å². The van der Waals surface area contributed by atoms with Gasteiger partial charge in [0.2, 0.25) is 0 Å². The van der Waals surface area contributed by atoms with Crippen LogP contribution in [0, 0.1) is 0 Å². The average molecular weight is 302 g/mol. The third-order valence-corrected chi connectivity index (χ3v) is 3.94. The third-order valence-electron chi connectivity index (χ3n) is 3.94. The predicted molar refractivity (Wildman–Crippen MR) is 91.5 cm³/mol. The SMILES string of the molecule is COCOCCCCCCCCCCCCCCCCN. The summed E-state index contributed by atoms with van der Waals surface area (Å²) < 4.78 is 10.1. The van der Waals surface area contributed by atoms with Crippen molar-refractivity contribution in [3.63, 3.8) is 0 Å². The van der Waals surface area contributed by atoms with Gasteiger partial charge in [-0.15, -0.1) is 0 Å². The minimum absolute atomic E-state index is 0.438. The van der Waals surface area contributed by atoms with Gasteiger partial charge in [-0.1, -0.05) is 77.0 Å². The Morgan fingerprint density at radius 1 is 0.571 bits per heavy atom. The van der Waals surface area contributed by atoms with Gasteiger partial charge in [-0.2, -0.15) is 0 Å². The maximum atomic E-state index is 5.48. The lowest BCUT2D eigenvalue weighted by molar-refractivity contribution is -0.0315. The van der Waals surface area contributed by atoms with Crippen molar-refractivity contribution in [3.05, 3.63) is 0 Å². The fourth-order valence-electron chi connectivity index (χ4n) is 2.61. The van der Waals surface area contributed by atoms with Crippen molar-refractivity contribution in [2.45, 2.75) is 89.9 Å². The zero-order valence-electron chi connectivity index (χ0n) is 14.4. The van der Waals surface area contributed by atoms with E-state index in [1.54, 1.807) is 7.11 Å². The normalized spacial score (nSPS) is 11.1. The summed E-state index contributed by atoms with van der Waals surface area (Å²) in [5, 5.41) is 0. The molecule has 0 aliphatic carbocycles. The molecule has 0 bridgehead atoms. The molecule has 21 heavy (non-hydrogen) atoms. The maximum absolute atomic E-state index is 5.48. The molecule has 0 atom stereocenters. The van der Waals surface area contributed by atoms with Crippen LogP contribution in [0.15, 0.2) is 0 Å². The Labute approximate surface area is 133 Å². The van der Waals surface area contributed by atoms with Gasteiger partial charge in [-0.25, -0.2) is 0 Å². The van der Waals surface area contributed by atoms with Crippen LogP contribution >= 0.6 is 0 Å². The van der Waals surface area contributed by atoms with Crippen LogP contribution in [0.25, 0.3) is 0 Å². The predicted octanol–water partition coefficient (Wildman–Crippen LogP) is 5.03. The van der Waals surface area contributed by atoms with E-state index < -0.39 is 0 Å². The van der Waals surface area contributed by atoms with Crippen LogP contribution in [0.2, 0.25) is 0 Å². The highest BCUT2D eigenvalue weighted by Crippen LogP contribution is 2.12. The quantitative estimate of drug-likeness (QED) is 0.285. The molecular formula is C18H39NO2. The fourth-order valence-corrected chi connectivity index (χ4v) is 2.61. The molecular weight excluding hydrogens is 262 g/mol. The van der Waals surface area contributed by atoms with Gasteiger partial charge >= 0.3 is 0 Å². The lowest BCUT2D eigenvalue weighted by Gasteiger charge is -2.04. The molecule has 0 aliphatic heterocycles. The number of hydrogen-bond donors (Lipinski definition) is 1. The van der Waals surface area contributed by atoms with E-state index in [0.29, 0.717) is 6.79 Å². The molecule has 0 aromatic rings. The summed E-state index contributed by atoms with van der Waals surface area (Å²) in [6.45, 7) is 2.15. The van der Waals surface area contributed by atoms with Crippen LogP contribution in [0.4, 0.5) is 0 Å². The molecule has 2 N–H and O–H groups in total. The molecule has 0 radical (unpaired) electrons. The molecule has 0 rings (SSSR count). The van der Waals surface area contributed by atoms with Gasteiger partial charge in [0.15, 0.2) is 0 Å². The summed E-state index contributed by atoms with van der Waals surface area (Å²) in [5.41, 5.74) is 5.48. The van der Waals surface area contributed by atoms with Crippen LogP contribution in [-0.2, 0) is 9.47 Å². The number of rotatable bonds is 18.